The monoisotopic (exact) mass is 427 g/mol. The van der Waals surface area contributed by atoms with Crippen LogP contribution in [0.1, 0.15) is 24.9 Å². The van der Waals surface area contributed by atoms with Crippen LogP contribution in [0.5, 0.6) is 0 Å². The second-order valence-corrected chi connectivity index (χ2v) is 7.66. The smallest absolute Gasteiger partial charge is 0.271 e. The van der Waals surface area contributed by atoms with Crippen LogP contribution in [-0.2, 0) is 9.59 Å². The highest BCUT2D eigenvalue weighted by Crippen LogP contribution is 2.25. The molecule has 0 bridgehead atoms. The van der Waals surface area contributed by atoms with Crippen molar-refractivity contribution in [3.8, 4) is 0 Å². The standard InChI is InChI=1S/C25H25N5O2/c1-17(18-8-4-2-5-9-18)27-19-12-14-20(15-13-19)28-25(32)22-16-23(24(26)31)30(29-22)21-10-6-3-7-11-21/h2-15,17,23,27H,16H2,1H3,(H2,26,31)(H,28,32). The zero-order valence-electron chi connectivity index (χ0n) is 17.7. The number of carbonyl (C=O) groups is 2. The molecule has 3 aromatic carbocycles. The highest BCUT2D eigenvalue weighted by atomic mass is 16.2. The van der Waals surface area contributed by atoms with E-state index in [2.05, 4.69) is 34.8 Å². The molecule has 0 aliphatic carbocycles. The first-order valence-corrected chi connectivity index (χ1v) is 10.5. The molecule has 2 amide bonds. The highest BCUT2D eigenvalue weighted by Gasteiger charge is 2.34. The van der Waals surface area contributed by atoms with Gasteiger partial charge in [-0.1, -0.05) is 48.5 Å². The molecular weight excluding hydrogens is 402 g/mol. The second kappa shape index (κ2) is 9.34. The van der Waals surface area contributed by atoms with Crippen LogP contribution in [0.15, 0.2) is 90.0 Å². The molecule has 7 nitrogen and oxygen atoms in total. The van der Waals surface area contributed by atoms with Crippen LogP contribution in [0.25, 0.3) is 0 Å². The van der Waals surface area contributed by atoms with E-state index in [1.165, 1.54) is 10.6 Å². The number of benzene rings is 3. The summed E-state index contributed by atoms with van der Waals surface area (Å²) in [5, 5.41) is 12.2. The average Bonchev–Trinajstić information content (AvgIpc) is 3.28. The minimum Gasteiger partial charge on any atom is -0.379 e. The minimum absolute atomic E-state index is 0.152. The van der Waals surface area contributed by atoms with Gasteiger partial charge in [0.05, 0.1) is 5.69 Å². The van der Waals surface area contributed by atoms with Gasteiger partial charge in [-0.3, -0.25) is 14.6 Å². The number of anilines is 3. The van der Waals surface area contributed by atoms with Gasteiger partial charge in [0.25, 0.3) is 5.91 Å². The minimum atomic E-state index is -0.691. The van der Waals surface area contributed by atoms with Crippen molar-refractivity contribution in [2.45, 2.75) is 25.4 Å². The summed E-state index contributed by atoms with van der Waals surface area (Å²) in [5.41, 5.74) is 9.30. The van der Waals surface area contributed by atoms with E-state index < -0.39 is 11.9 Å². The Morgan fingerprint density at radius 3 is 2.16 bits per heavy atom. The lowest BCUT2D eigenvalue weighted by Crippen LogP contribution is -2.39. The number of primary amides is 1. The SMILES string of the molecule is CC(Nc1ccc(NC(=O)C2=NN(c3ccccc3)C(C(N)=O)C2)cc1)c1ccccc1. The first kappa shape index (κ1) is 21.1. The lowest BCUT2D eigenvalue weighted by Gasteiger charge is -2.20. The summed E-state index contributed by atoms with van der Waals surface area (Å²) in [6.45, 7) is 2.09. The fourth-order valence-corrected chi connectivity index (χ4v) is 3.62. The molecule has 2 unspecified atom stereocenters. The van der Waals surface area contributed by atoms with Crippen LogP contribution < -0.4 is 21.4 Å². The number of hydrogen-bond donors (Lipinski definition) is 3. The van der Waals surface area contributed by atoms with Crippen LogP contribution in [0.3, 0.4) is 0 Å². The van der Waals surface area contributed by atoms with Crippen molar-refractivity contribution >= 4 is 34.6 Å². The van der Waals surface area contributed by atoms with Crippen molar-refractivity contribution in [1.82, 2.24) is 0 Å². The Morgan fingerprint density at radius 1 is 0.938 bits per heavy atom. The van der Waals surface area contributed by atoms with Gasteiger partial charge in [-0.25, -0.2) is 0 Å². The van der Waals surface area contributed by atoms with Crippen molar-refractivity contribution in [2.75, 3.05) is 15.6 Å². The zero-order chi connectivity index (χ0) is 22.5. The topological polar surface area (TPSA) is 99.8 Å². The predicted molar refractivity (Wildman–Crippen MR) is 128 cm³/mol. The summed E-state index contributed by atoms with van der Waals surface area (Å²) in [5.74, 6) is -0.878. The predicted octanol–water partition coefficient (Wildman–Crippen LogP) is 3.92. The molecule has 0 radical (unpaired) electrons. The molecule has 32 heavy (non-hydrogen) atoms. The third-order valence-corrected chi connectivity index (χ3v) is 5.35. The summed E-state index contributed by atoms with van der Waals surface area (Å²) in [7, 11) is 0. The highest BCUT2D eigenvalue weighted by molar-refractivity contribution is 6.44. The molecular formula is C25H25N5O2. The van der Waals surface area contributed by atoms with Gasteiger partial charge >= 0.3 is 0 Å². The summed E-state index contributed by atoms with van der Waals surface area (Å²) in [6, 6.07) is 26.3. The molecule has 0 spiro atoms. The quantitative estimate of drug-likeness (QED) is 0.532. The van der Waals surface area contributed by atoms with Crippen LogP contribution in [0.4, 0.5) is 17.1 Å². The lowest BCUT2D eigenvalue weighted by atomic mass is 10.1. The third kappa shape index (κ3) is 4.78. The molecule has 1 heterocycles. The molecule has 3 aromatic rings. The van der Waals surface area contributed by atoms with Crippen LogP contribution >= 0.6 is 0 Å². The van der Waals surface area contributed by atoms with E-state index in [0.717, 1.165) is 5.69 Å². The van der Waals surface area contributed by atoms with Crippen LogP contribution in [0.2, 0.25) is 0 Å². The van der Waals surface area contributed by atoms with Crippen LogP contribution in [-0.4, -0.2) is 23.6 Å². The Kier molecular flexibility index (Phi) is 6.17. The van der Waals surface area contributed by atoms with Crippen molar-refractivity contribution in [3.63, 3.8) is 0 Å². The molecule has 162 valence electrons. The molecule has 2 atom stereocenters. The molecule has 1 aliphatic heterocycles. The Morgan fingerprint density at radius 2 is 1.53 bits per heavy atom. The van der Waals surface area contributed by atoms with Gasteiger partial charge in [0, 0.05) is 23.8 Å². The van der Waals surface area contributed by atoms with Gasteiger partial charge in [-0.15, -0.1) is 0 Å². The molecule has 4 rings (SSSR count). The van der Waals surface area contributed by atoms with E-state index >= 15 is 0 Å². The molecule has 0 fully saturated rings. The van der Waals surface area contributed by atoms with Crippen LogP contribution in [0, 0.1) is 0 Å². The average molecular weight is 428 g/mol. The van der Waals surface area contributed by atoms with Gasteiger partial charge in [0.2, 0.25) is 5.91 Å². The van der Waals surface area contributed by atoms with Gasteiger partial charge in [-0.2, -0.15) is 5.10 Å². The molecule has 7 heteroatoms. The van der Waals surface area contributed by atoms with E-state index in [-0.39, 0.29) is 24.1 Å². The maximum absolute atomic E-state index is 12.8. The van der Waals surface area contributed by atoms with Crippen molar-refractivity contribution in [1.29, 1.82) is 0 Å². The largest absolute Gasteiger partial charge is 0.379 e. The number of nitrogens with zero attached hydrogens (tertiary/aromatic N) is 2. The number of rotatable bonds is 7. The number of nitrogens with one attached hydrogen (secondary N) is 2. The number of carbonyl (C=O) groups excluding carboxylic acids is 2. The first-order chi connectivity index (χ1) is 15.5. The summed E-state index contributed by atoms with van der Waals surface area (Å²) in [6.07, 6.45) is 0.157. The molecule has 0 aromatic heterocycles. The van der Waals surface area contributed by atoms with Gasteiger partial charge in [0.1, 0.15) is 11.8 Å². The lowest BCUT2D eigenvalue weighted by molar-refractivity contribution is -0.119. The second-order valence-electron chi connectivity index (χ2n) is 7.66. The van der Waals surface area contributed by atoms with E-state index in [1.54, 1.807) is 0 Å². The maximum atomic E-state index is 12.8. The fourth-order valence-electron chi connectivity index (χ4n) is 3.62. The summed E-state index contributed by atoms with van der Waals surface area (Å²) >= 11 is 0. The molecule has 0 saturated carbocycles. The maximum Gasteiger partial charge on any atom is 0.271 e. The van der Waals surface area contributed by atoms with E-state index in [1.807, 2.05) is 72.8 Å². The Labute approximate surface area is 186 Å². The third-order valence-electron chi connectivity index (χ3n) is 5.35. The first-order valence-electron chi connectivity index (χ1n) is 10.5. The Bertz CT molecular complexity index is 1110. The van der Waals surface area contributed by atoms with Crippen molar-refractivity contribution in [2.24, 2.45) is 10.8 Å². The van der Waals surface area contributed by atoms with E-state index in [0.29, 0.717) is 11.4 Å². The molecule has 0 saturated heterocycles. The molecule has 4 N–H and O–H groups in total. The van der Waals surface area contributed by atoms with Gasteiger partial charge in [0.15, 0.2) is 0 Å². The van der Waals surface area contributed by atoms with E-state index in [9.17, 15) is 9.59 Å². The number of hydrogen-bond acceptors (Lipinski definition) is 5. The zero-order valence-corrected chi connectivity index (χ0v) is 17.7. The normalized spacial score (nSPS) is 16.2. The Hall–Kier alpha value is -4.13. The number of hydrazone groups is 1. The van der Waals surface area contributed by atoms with E-state index in [4.69, 9.17) is 5.73 Å². The Balaban J connectivity index is 1.42. The van der Waals surface area contributed by atoms with Gasteiger partial charge in [-0.05, 0) is 48.9 Å². The van der Waals surface area contributed by atoms with Crippen molar-refractivity contribution < 1.29 is 9.59 Å². The fraction of sp³-hybridized carbons (Fsp3) is 0.160. The number of para-hydroxylation sites is 1. The summed E-state index contributed by atoms with van der Waals surface area (Å²) in [4.78, 5) is 24.7. The van der Waals surface area contributed by atoms with Gasteiger partial charge < -0.3 is 16.4 Å². The van der Waals surface area contributed by atoms with Crippen molar-refractivity contribution in [3.05, 3.63) is 90.5 Å². The molecule has 1 aliphatic rings. The number of amides is 2. The summed E-state index contributed by atoms with van der Waals surface area (Å²) < 4.78 is 0. The number of nitrogens with two attached hydrogens (primary N) is 1.